The lowest BCUT2D eigenvalue weighted by Gasteiger charge is -2.21. The summed E-state index contributed by atoms with van der Waals surface area (Å²) in [6.07, 6.45) is 3.58. The van der Waals surface area contributed by atoms with Crippen molar-refractivity contribution in [3.8, 4) is 17.5 Å². The SMILES string of the molecule is C[C@H](NC(=O)c1c(N)nn2cccnc12)c1cc2cccc(C#CC3CNC(=O)C3)c2c(=O)n1-c1ccccc1. The molecule has 10 heteroatoms. The van der Waals surface area contributed by atoms with Crippen molar-refractivity contribution in [3.63, 3.8) is 0 Å². The summed E-state index contributed by atoms with van der Waals surface area (Å²) >= 11 is 0. The van der Waals surface area contributed by atoms with E-state index < -0.39 is 11.9 Å². The molecule has 1 unspecified atom stereocenters. The van der Waals surface area contributed by atoms with Gasteiger partial charge in [0.25, 0.3) is 11.5 Å². The number of pyridine rings is 1. The van der Waals surface area contributed by atoms with Gasteiger partial charge in [-0.15, -0.1) is 5.10 Å². The van der Waals surface area contributed by atoms with Crippen molar-refractivity contribution < 1.29 is 9.59 Å². The Morgan fingerprint density at radius 2 is 1.98 bits per heavy atom. The monoisotopic (exact) mass is 531 g/mol. The molecular weight excluding hydrogens is 506 g/mol. The molecule has 2 atom stereocenters. The Balaban J connectivity index is 1.45. The number of anilines is 1. The zero-order valence-corrected chi connectivity index (χ0v) is 21.6. The molecule has 0 spiro atoms. The number of nitrogens with one attached hydrogen (secondary N) is 2. The molecule has 4 N–H and O–H groups in total. The van der Waals surface area contributed by atoms with E-state index in [9.17, 15) is 14.4 Å². The number of nitrogen functional groups attached to an aromatic ring is 1. The molecule has 1 fully saturated rings. The smallest absolute Gasteiger partial charge is 0.264 e. The van der Waals surface area contributed by atoms with Crippen LogP contribution in [0.15, 0.2) is 77.9 Å². The van der Waals surface area contributed by atoms with Gasteiger partial charge in [0.05, 0.1) is 11.4 Å². The van der Waals surface area contributed by atoms with E-state index in [1.54, 1.807) is 30.0 Å². The van der Waals surface area contributed by atoms with E-state index >= 15 is 0 Å². The maximum absolute atomic E-state index is 14.1. The molecule has 3 aromatic heterocycles. The van der Waals surface area contributed by atoms with Crippen LogP contribution in [0.5, 0.6) is 0 Å². The Kier molecular flexibility index (Phi) is 6.24. The molecule has 0 bridgehead atoms. The van der Waals surface area contributed by atoms with Gasteiger partial charge in [0.2, 0.25) is 5.91 Å². The highest BCUT2D eigenvalue weighted by atomic mass is 16.2. The molecule has 1 aliphatic rings. The summed E-state index contributed by atoms with van der Waals surface area (Å²) in [4.78, 5) is 43.4. The number of hydrogen-bond donors (Lipinski definition) is 3. The minimum Gasteiger partial charge on any atom is -0.381 e. The molecule has 4 heterocycles. The summed E-state index contributed by atoms with van der Waals surface area (Å²) < 4.78 is 3.04. The Labute approximate surface area is 228 Å². The molecule has 6 rings (SSSR count). The minimum atomic E-state index is -0.590. The highest BCUT2D eigenvalue weighted by Crippen LogP contribution is 2.24. The van der Waals surface area contributed by atoms with Crippen LogP contribution in [0.4, 0.5) is 5.82 Å². The van der Waals surface area contributed by atoms with Crippen LogP contribution in [-0.4, -0.2) is 37.5 Å². The van der Waals surface area contributed by atoms with Crippen molar-refractivity contribution in [1.82, 2.24) is 29.8 Å². The first-order chi connectivity index (χ1) is 19.4. The van der Waals surface area contributed by atoms with E-state index in [0.717, 1.165) is 0 Å². The lowest BCUT2D eigenvalue weighted by molar-refractivity contribution is -0.119. The van der Waals surface area contributed by atoms with Gasteiger partial charge in [-0.05, 0) is 42.6 Å². The predicted octanol–water partition coefficient (Wildman–Crippen LogP) is 2.59. The summed E-state index contributed by atoms with van der Waals surface area (Å²) in [6.45, 7) is 2.31. The number of carbonyl (C=O) groups excluding carboxylic acids is 2. The minimum absolute atomic E-state index is 0.0222. The average molecular weight is 532 g/mol. The van der Waals surface area contributed by atoms with E-state index in [-0.39, 0.29) is 28.8 Å². The molecule has 1 aliphatic heterocycles. The zero-order valence-electron chi connectivity index (χ0n) is 21.6. The Morgan fingerprint density at radius 3 is 2.75 bits per heavy atom. The third-order valence-corrected chi connectivity index (χ3v) is 6.92. The fourth-order valence-corrected chi connectivity index (χ4v) is 5.00. The summed E-state index contributed by atoms with van der Waals surface area (Å²) in [5, 5.41) is 11.1. The summed E-state index contributed by atoms with van der Waals surface area (Å²) in [6, 6.07) is 17.7. The topological polar surface area (TPSA) is 136 Å². The molecule has 0 saturated carbocycles. The van der Waals surface area contributed by atoms with Crippen molar-refractivity contribution in [1.29, 1.82) is 0 Å². The van der Waals surface area contributed by atoms with E-state index in [2.05, 4.69) is 32.6 Å². The van der Waals surface area contributed by atoms with Gasteiger partial charge in [-0.1, -0.05) is 42.2 Å². The van der Waals surface area contributed by atoms with E-state index in [1.807, 2.05) is 54.6 Å². The number of rotatable bonds is 4. The molecule has 2 aromatic carbocycles. The molecular formula is C30H25N7O3. The van der Waals surface area contributed by atoms with Crippen molar-refractivity contribution >= 4 is 34.1 Å². The number of carbonyl (C=O) groups is 2. The van der Waals surface area contributed by atoms with E-state index in [1.165, 1.54) is 4.52 Å². The van der Waals surface area contributed by atoms with Gasteiger partial charge < -0.3 is 16.4 Å². The highest BCUT2D eigenvalue weighted by molar-refractivity contribution is 6.04. The van der Waals surface area contributed by atoms with Crippen LogP contribution < -0.4 is 21.9 Å². The number of aromatic nitrogens is 4. The fourth-order valence-electron chi connectivity index (χ4n) is 5.00. The third kappa shape index (κ3) is 4.43. The van der Waals surface area contributed by atoms with Gasteiger partial charge in [-0.3, -0.25) is 19.0 Å². The second kappa shape index (κ2) is 10.0. The van der Waals surface area contributed by atoms with Crippen molar-refractivity contribution in [3.05, 3.63) is 100 Å². The van der Waals surface area contributed by atoms with Crippen molar-refractivity contribution in [2.75, 3.05) is 12.3 Å². The van der Waals surface area contributed by atoms with Crippen LogP contribution in [0, 0.1) is 17.8 Å². The van der Waals surface area contributed by atoms with Gasteiger partial charge in [0.1, 0.15) is 5.56 Å². The molecule has 0 aliphatic carbocycles. The molecule has 1 saturated heterocycles. The molecule has 2 amide bonds. The summed E-state index contributed by atoms with van der Waals surface area (Å²) in [5.41, 5.74) is 8.12. The van der Waals surface area contributed by atoms with Crippen LogP contribution in [0.2, 0.25) is 0 Å². The van der Waals surface area contributed by atoms with Crippen LogP contribution in [0.3, 0.4) is 0 Å². The van der Waals surface area contributed by atoms with E-state index in [0.29, 0.717) is 46.3 Å². The van der Waals surface area contributed by atoms with Crippen LogP contribution in [0.1, 0.15) is 41.0 Å². The lowest BCUT2D eigenvalue weighted by atomic mass is 10.0. The third-order valence-electron chi connectivity index (χ3n) is 6.92. The highest BCUT2D eigenvalue weighted by Gasteiger charge is 2.24. The Morgan fingerprint density at radius 1 is 1.15 bits per heavy atom. The first-order valence-electron chi connectivity index (χ1n) is 12.8. The maximum Gasteiger partial charge on any atom is 0.264 e. The van der Waals surface area contributed by atoms with Crippen LogP contribution >= 0.6 is 0 Å². The number of amides is 2. The van der Waals surface area contributed by atoms with Crippen molar-refractivity contribution in [2.45, 2.75) is 19.4 Å². The van der Waals surface area contributed by atoms with Gasteiger partial charge in [0.15, 0.2) is 11.5 Å². The predicted molar refractivity (Wildman–Crippen MR) is 151 cm³/mol. The van der Waals surface area contributed by atoms with E-state index in [4.69, 9.17) is 5.73 Å². The Hall–Kier alpha value is -5.43. The molecule has 5 aromatic rings. The number of nitrogens with zero attached hydrogens (tertiary/aromatic N) is 4. The molecule has 0 radical (unpaired) electrons. The van der Waals surface area contributed by atoms with Crippen LogP contribution in [0.25, 0.3) is 22.1 Å². The first kappa shape index (κ1) is 24.9. The van der Waals surface area contributed by atoms with Gasteiger partial charge >= 0.3 is 0 Å². The number of benzene rings is 2. The summed E-state index contributed by atoms with van der Waals surface area (Å²) in [7, 11) is 0. The number of nitrogens with two attached hydrogens (primary N) is 1. The van der Waals surface area contributed by atoms with Gasteiger partial charge in [0, 0.05) is 48.2 Å². The lowest BCUT2D eigenvalue weighted by Crippen LogP contribution is -2.32. The fraction of sp³-hybridized carbons (Fsp3) is 0.167. The molecule has 40 heavy (non-hydrogen) atoms. The second-order valence-electron chi connectivity index (χ2n) is 9.63. The second-order valence-corrected chi connectivity index (χ2v) is 9.63. The largest absolute Gasteiger partial charge is 0.381 e. The first-order valence-corrected chi connectivity index (χ1v) is 12.8. The number of hydrogen-bond acceptors (Lipinski definition) is 6. The Bertz CT molecular complexity index is 1910. The average Bonchev–Trinajstić information content (AvgIpc) is 3.53. The normalized spacial score (nSPS) is 15.4. The zero-order chi connectivity index (χ0) is 27.8. The molecule has 10 nitrogen and oxygen atoms in total. The van der Waals surface area contributed by atoms with Gasteiger partial charge in [-0.2, -0.15) is 0 Å². The molecule has 198 valence electrons. The quantitative estimate of drug-likeness (QED) is 0.305. The number of fused-ring (bicyclic) bond motifs is 2. The van der Waals surface area contributed by atoms with Crippen molar-refractivity contribution in [2.24, 2.45) is 5.92 Å². The summed E-state index contributed by atoms with van der Waals surface area (Å²) in [5.74, 6) is 5.76. The van der Waals surface area contributed by atoms with Gasteiger partial charge in [-0.25, -0.2) is 9.50 Å². The number of para-hydroxylation sites is 1. The standard InChI is InChI=1S/C30H25N7O3/c1-18(34-29(39)26-27(31)35-36-14-6-13-32-28(26)36)23-16-21-8-5-7-20(12-11-19-15-24(38)33-17-19)25(21)30(40)37(23)22-9-3-2-4-10-22/h2-10,13-14,16,18-19H,15,17H2,1H3,(H2,31,35)(H,33,38)(H,34,39)/t18-,19?/m0/s1. The maximum atomic E-state index is 14.1. The van der Waals surface area contributed by atoms with Crippen LogP contribution in [-0.2, 0) is 4.79 Å².